The molecule has 4 heteroatoms. The molecule has 0 saturated heterocycles. The number of hydrogen-bond donors (Lipinski definition) is 1. The van der Waals surface area contributed by atoms with Crippen molar-refractivity contribution in [2.75, 3.05) is 25.6 Å². The van der Waals surface area contributed by atoms with Crippen LogP contribution < -0.4 is 5.32 Å². The average Bonchev–Trinajstić information content (AvgIpc) is 2.39. The third-order valence-electron chi connectivity index (χ3n) is 3.19. The lowest BCUT2D eigenvalue weighted by Gasteiger charge is -2.17. The van der Waals surface area contributed by atoms with Crippen molar-refractivity contribution in [3.8, 4) is 0 Å². The fourth-order valence-electron chi connectivity index (χ4n) is 2.25. The summed E-state index contributed by atoms with van der Waals surface area (Å²) in [5.74, 6) is 1.05. The topological polar surface area (TPSA) is 47.0 Å². The normalized spacial score (nSPS) is 14.4. The maximum Gasteiger partial charge on any atom is 0.132 e. The van der Waals surface area contributed by atoms with E-state index in [2.05, 4.69) is 15.3 Å². The number of fused-ring (bicyclic) bond motifs is 1. The van der Waals surface area contributed by atoms with Gasteiger partial charge in [-0.15, -0.1) is 0 Å². The van der Waals surface area contributed by atoms with Gasteiger partial charge in [-0.05, 0) is 38.5 Å². The monoisotopic (exact) mass is 235 g/mol. The number of hydrogen-bond acceptors (Lipinski definition) is 4. The molecule has 0 spiro atoms. The van der Waals surface area contributed by atoms with Crippen LogP contribution in [0.2, 0.25) is 0 Å². The quantitative estimate of drug-likeness (QED) is 0.768. The van der Waals surface area contributed by atoms with E-state index in [0.29, 0.717) is 0 Å². The minimum Gasteiger partial charge on any atom is -0.385 e. The number of nitrogens with zero attached hydrogens (tertiary/aromatic N) is 2. The van der Waals surface area contributed by atoms with Crippen molar-refractivity contribution in [1.82, 2.24) is 9.97 Å². The van der Waals surface area contributed by atoms with Crippen LogP contribution in [0.25, 0.3) is 0 Å². The van der Waals surface area contributed by atoms with Crippen molar-refractivity contribution in [1.29, 1.82) is 0 Å². The van der Waals surface area contributed by atoms with Gasteiger partial charge in [0, 0.05) is 31.5 Å². The lowest BCUT2D eigenvalue weighted by molar-refractivity contribution is 0.194. The minimum atomic E-state index is 0.837. The molecular formula is C13H21N3O. The average molecular weight is 235 g/mol. The van der Waals surface area contributed by atoms with Gasteiger partial charge in [0.15, 0.2) is 0 Å². The van der Waals surface area contributed by atoms with Gasteiger partial charge >= 0.3 is 0 Å². The number of aryl methyl sites for hydroxylation is 1. The lowest BCUT2D eigenvalue weighted by atomic mass is 9.96. The second kappa shape index (κ2) is 6.55. The first-order valence-corrected chi connectivity index (χ1v) is 6.47. The van der Waals surface area contributed by atoms with Crippen LogP contribution in [0, 0.1) is 0 Å². The van der Waals surface area contributed by atoms with E-state index in [0.717, 1.165) is 44.7 Å². The van der Waals surface area contributed by atoms with E-state index in [-0.39, 0.29) is 0 Å². The summed E-state index contributed by atoms with van der Waals surface area (Å²) < 4.78 is 5.03. The number of unbranched alkanes of at least 4 members (excludes halogenated alkanes) is 1. The van der Waals surface area contributed by atoms with Gasteiger partial charge in [-0.2, -0.15) is 0 Å². The van der Waals surface area contributed by atoms with Gasteiger partial charge in [0.05, 0.1) is 0 Å². The maximum absolute atomic E-state index is 5.03. The SMILES string of the molecule is COCCCCNc1ncnc2c1CCCC2. The van der Waals surface area contributed by atoms with Crippen molar-refractivity contribution in [3.63, 3.8) is 0 Å². The summed E-state index contributed by atoms with van der Waals surface area (Å²) >= 11 is 0. The molecule has 0 amide bonds. The summed E-state index contributed by atoms with van der Waals surface area (Å²) in [6.45, 7) is 1.80. The summed E-state index contributed by atoms with van der Waals surface area (Å²) in [5.41, 5.74) is 2.58. The van der Waals surface area contributed by atoms with E-state index in [1.165, 1.54) is 24.1 Å². The summed E-state index contributed by atoms with van der Waals surface area (Å²) in [4.78, 5) is 8.72. The fourth-order valence-corrected chi connectivity index (χ4v) is 2.25. The molecule has 1 aliphatic carbocycles. The molecule has 1 aromatic rings. The first-order valence-electron chi connectivity index (χ1n) is 6.47. The van der Waals surface area contributed by atoms with Crippen LogP contribution in [-0.2, 0) is 17.6 Å². The van der Waals surface area contributed by atoms with Gasteiger partial charge in [0.2, 0.25) is 0 Å². The van der Waals surface area contributed by atoms with E-state index >= 15 is 0 Å². The minimum absolute atomic E-state index is 0.837. The smallest absolute Gasteiger partial charge is 0.132 e. The van der Waals surface area contributed by atoms with Crippen LogP contribution in [0.3, 0.4) is 0 Å². The van der Waals surface area contributed by atoms with Crippen LogP contribution in [0.15, 0.2) is 6.33 Å². The number of aromatic nitrogens is 2. The molecule has 1 aliphatic rings. The molecule has 0 bridgehead atoms. The van der Waals surface area contributed by atoms with Crippen LogP contribution in [0.4, 0.5) is 5.82 Å². The number of anilines is 1. The highest BCUT2D eigenvalue weighted by Crippen LogP contribution is 2.24. The highest BCUT2D eigenvalue weighted by Gasteiger charge is 2.14. The van der Waals surface area contributed by atoms with E-state index in [1.807, 2.05) is 0 Å². The molecule has 0 fully saturated rings. The van der Waals surface area contributed by atoms with Gasteiger partial charge < -0.3 is 10.1 Å². The Morgan fingerprint density at radius 3 is 3.00 bits per heavy atom. The number of methoxy groups -OCH3 is 1. The number of rotatable bonds is 6. The van der Waals surface area contributed by atoms with Gasteiger partial charge in [0.1, 0.15) is 12.1 Å². The third kappa shape index (κ3) is 3.40. The summed E-state index contributed by atoms with van der Waals surface area (Å²) in [7, 11) is 1.74. The van der Waals surface area contributed by atoms with E-state index < -0.39 is 0 Å². The van der Waals surface area contributed by atoms with Crippen molar-refractivity contribution < 1.29 is 4.74 Å². The molecule has 0 aromatic carbocycles. The zero-order chi connectivity index (χ0) is 11.9. The van der Waals surface area contributed by atoms with Crippen LogP contribution in [-0.4, -0.2) is 30.2 Å². The Balaban J connectivity index is 1.87. The Kier molecular flexibility index (Phi) is 4.74. The Bertz CT molecular complexity index is 355. The molecule has 0 saturated carbocycles. The highest BCUT2D eigenvalue weighted by atomic mass is 16.5. The predicted molar refractivity (Wildman–Crippen MR) is 68.3 cm³/mol. The van der Waals surface area contributed by atoms with E-state index in [9.17, 15) is 0 Å². The van der Waals surface area contributed by atoms with Crippen molar-refractivity contribution in [2.45, 2.75) is 38.5 Å². The largest absolute Gasteiger partial charge is 0.385 e. The lowest BCUT2D eigenvalue weighted by Crippen LogP contribution is -2.13. The molecule has 1 aromatic heterocycles. The Labute approximate surface area is 103 Å². The maximum atomic E-state index is 5.03. The van der Waals surface area contributed by atoms with Crippen LogP contribution in [0.1, 0.15) is 36.9 Å². The number of nitrogens with one attached hydrogen (secondary N) is 1. The molecule has 1 heterocycles. The van der Waals surface area contributed by atoms with Gasteiger partial charge in [-0.25, -0.2) is 9.97 Å². The molecule has 0 radical (unpaired) electrons. The molecule has 0 unspecified atom stereocenters. The molecule has 17 heavy (non-hydrogen) atoms. The Morgan fingerprint density at radius 2 is 2.12 bits per heavy atom. The molecule has 2 rings (SSSR count). The Hall–Kier alpha value is -1.16. The second-order valence-electron chi connectivity index (χ2n) is 4.48. The summed E-state index contributed by atoms with van der Waals surface area (Å²) in [6.07, 6.45) is 8.65. The zero-order valence-corrected chi connectivity index (χ0v) is 10.5. The molecule has 1 N–H and O–H groups in total. The van der Waals surface area contributed by atoms with Crippen molar-refractivity contribution in [3.05, 3.63) is 17.6 Å². The summed E-state index contributed by atoms with van der Waals surface area (Å²) in [6, 6.07) is 0. The fraction of sp³-hybridized carbons (Fsp3) is 0.692. The second-order valence-corrected chi connectivity index (χ2v) is 4.48. The van der Waals surface area contributed by atoms with E-state index in [1.54, 1.807) is 13.4 Å². The number of ether oxygens (including phenoxy) is 1. The molecule has 0 atom stereocenters. The van der Waals surface area contributed by atoms with Gasteiger partial charge in [-0.1, -0.05) is 0 Å². The molecule has 94 valence electrons. The molecular weight excluding hydrogens is 214 g/mol. The van der Waals surface area contributed by atoms with Gasteiger partial charge in [-0.3, -0.25) is 0 Å². The first-order chi connectivity index (χ1) is 8.42. The van der Waals surface area contributed by atoms with Crippen molar-refractivity contribution >= 4 is 5.82 Å². The highest BCUT2D eigenvalue weighted by molar-refractivity contribution is 5.46. The predicted octanol–water partition coefficient (Wildman–Crippen LogP) is 2.19. The summed E-state index contributed by atoms with van der Waals surface area (Å²) in [5, 5.41) is 3.43. The first kappa shape index (κ1) is 12.3. The molecule has 4 nitrogen and oxygen atoms in total. The van der Waals surface area contributed by atoms with Gasteiger partial charge in [0.25, 0.3) is 0 Å². The molecule has 0 aliphatic heterocycles. The van der Waals surface area contributed by atoms with Crippen LogP contribution in [0.5, 0.6) is 0 Å². The zero-order valence-electron chi connectivity index (χ0n) is 10.5. The Morgan fingerprint density at radius 1 is 1.24 bits per heavy atom. The standard InChI is InChI=1S/C13H21N3O/c1-17-9-5-4-8-14-13-11-6-2-3-7-12(11)15-10-16-13/h10H,2-9H2,1H3,(H,14,15,16). The van der Waals surface area contributed by atoms with Crippen molar-refractivity contribution in [2.24, 2.45) is 0 Å². The third-order valence-corrected chi connectivity index (χ3v) is 3.19. The van der Waals surface area contributed by atoms with Crippen LogP contribution >= 0.6 is 0 Å². The van der Waals surface area contributed by atoms with E-state index in [4.69, 9.17) is 4.74 Å².